The smallest absolute Gasteiger partial charge is 0.248 e. The molecule has 0 saturated heterocycles. The standard InChI is InChI=1S/C19H20N2O3S/c1-20-11-17(24-25)14-7-9-16(19-15(14)8-10-18(22)21-19)23-12-13-5-3-2-4-6-13/h2-10,17,20,25H,11-12H2,1H3,(H,21,22)/t17-/m0/s1. The second-order valence-electron chi connectivity index (χ2n) is 5.69. The van der Waals surface area contributed by atoms with Crippen molar-refractivity contribution in [2.24, 2.45) is 0 Å². The van der Waals surface area contributed by atoms with Gasteiger partial charge in [0.25, 0.3) is 0 Å². The molecule has 25 heavy (non-hydrogen) atoms. The van der Waals surface area contributed by atoms with Crippen LogP contribution in [0.1, 0.15) is 17.2 Å². The molecule has 0 fully saturated rings. The van der Waals surface area contributed by atoms with E-state index in [9.17, 15) is 4.79 Å². The molecular formula is C19H20N2O3S. The van der Waals surface area contributed by atoms with E-state index in [2.05, 4.69) is 23.2 Å². The number of hydrogen-bond donors (Lipinski definition) is 3. The van der Waals surface area contributed by atoms with Crippen molar-refractivity contribution in [3.8, 4) is 5.75 Å². The van der Waals surface area contributed by atoms with Crippen molar-refractivity contribution in [1.82, 2.24) is 10.3 Å². The van der Waals surface area contributed by atoms with Gasteiger partial charge in [-0.15, -0.1) is 0 Å². The lowest BCUT2D eigenvalue weighted by atomic mass is 10.0. The third-order valence-electron chi connectivity index (χ3n) is 3.99. The number of thiol groups is 1. The average molecular weight is 356 g/mol. The number of pyridine rings is 1. The van der Waals surface area contributed by atoms with Gasteiger partial charge in [-0.3, -0.25) is 4.79 Å². The van der Waals surface area contributed by atoms with E-state index in [0.717, 1.165) is 16.5 Å². The summed E-state index contributed by atoms with van der Waals surface area (Å²) < 4.78 is 11.2. The lowest BCUT2D eigenvalue weighted by Crippen LogP contribution is -2.18. The highest BCUT2D eigenvalue weighted by Crippen LogP contribution is 2.31. The highest BCUT2D eigenvalue weighted by atomic mass is 32.1. The number of aromatic amines is 1. The van der Waals surface area contributed by atoms with Crippen molar-refractivity contribution in [3.63, 3.8) is 0 Å². The first kappa shape index (κ1) is 17.5. The summed E-state index contributed by atoms with van der Waals surface area (Å²) >= 11 is 3.98. The molecule has 3 aromatic rings. The maximum Gasteiger partial charge on any atom is 0.248 e. The normalized spacial score (nSPS) is 12.2. The maximum atomic E-state index is 11.8. The number of fused-ring (bicyclic) bond motifs is 1. The molecule has 0 aliphatic carbocycles. The summed E-state index contributed by atoms with van der Waals surface area (Å²) in [6.07, 6.45) is -0.245. The molecule has 0 aliphatic rings. The van der Waals surface area contributed by atoms with Crippen molar-refractivity contribution < 1.29 is 8.92 Å². The Morgan fingerprint density at radius 2 is 1.92 bits per heavy atom. The molecule has 3 rings (SSSR count). The number of H-pyrrole nitrogens is 1. The molecule has 0 unspecified atom stereocenters. The Labute approximate surface area is 151 Å². The minimum absolute atomic E-state index is 0.175. The Hall–Kier alpha value is -2.28. The summed E-state index contributed by atoms with van der Waals surface area (Å²) in [5.74, 6) is 0.627. The molecule has 0 aliphatic heterocycles. The summed E-state index contributed by atoms with van der Waals surface area (Å²) in [4.78, 5) is 14.7. The van der Waals surface area contributed by atoms with Crippen molar-refractivity contribution in [2.45, 2.75) is 12.7 Å². The monoisotopic (exact) mass is 356 g/mol. The van der Waals surface area contributed by atoms with Crippen LogP contribution in [0, 0.1) is 0 Å². The number of rotatable bonds is 7. The van der Waals surface area contributed by atoms with Crippen LogP contribution in [0.3, 0.4) is 0 Å². The minimum Gasteiger partial charge on any atom is -0.487 e. The van der Waals surface area contributed by atoms with Gasteiger partial charge in [-0.25, -0.2) is 0 Å². The summed E-state index contributed by atoms with van der Waals surface area (Å²) in [6.45, 7) is 1.02. The van der Waals surface area contributed by atoms with Crippen LogP contribution in [0.15, 0.2) is 59.4 Å². The van der Waals surface area contributed by atoms with Crippen molar-refractivity contribution >= 4 is 23.8 Å². The van der Waals surface area contributed by atoms with Gasteiger partial charge in [0.15, 0.2) is 0 Å². The molecule has 0 saturated carbocycles. The molecule has 0 spiro atoms. The van der Waals surface area contributed by atoms with Crippen LogP contribution in [0.25, 0.3) is 10.9 Å². The van der Waals surface area contributed by atoms with Crippen molar-refractivity contribution in [3.05, 3.63) is 76.1 Å². The Balaban J connectivity index is 1.99. The van der Waals surface area contributed by atoms with E-state index in [1.807, 2.05) is 49.5 Å². The molecule has 1 heterocycles. The first-order chi connectivity index (χ1) is 12.2. The third-order valence-corrected chi connectivity index (χ3v) is 4.25. The molecule has 5 nitrogen and oxygen atoms in total. The van der Waals surface area contributed by atoms with E-state index in [0.29, 0.717) is 24.4 Å². The van der Waals surface area contributed by atoms with Crippen LogP contribution in [0.5, 0.6) is 5.75 Å². The number of benzene rings is 2. The van der Waals surface area contributed by atoms with Gasteiger partial charge in [0.2, 0.25) is 5.56 Å². The topological polar surface area (TPSA) is 63.4 Å². The Morgan fingerprint density at radius 1 is 1.12 bits per heavy atom. The summed E-state index contributed by atoms with van der Waals surface area (Å²) in [7, 11) is 1.85. The van der Waals surface area contributed by atoms with Crippen LogP contribution < -0.4 is 15.6 Å². The Kier molecular flexibility index (Phi) is 5.75. The first-order valence-corrected chi connectivity index (χ1v) is 8.37. The van der Waals surface area contributed by atoms with Gasteiger partial charge in [-0.2, -0.15) is 0 Å². The first-order valence-electron chi connectivity index (χ1n) is 8.00. The third kappa shape index (κ3) is 4.04. The fraction of sp³-hybridized carbons (Fsp3) is 0.211. The molecule has 130 valence electrons. The lowest BCUT2D eigenvalue weighted by molar-refractivity contribution is 0.252. The largest absolute Gasteiger partial charge is 0.487 e. The fourth-order valence-corrected chi connectivity index (χ4v) is 2.96. The molecule has 0 radical (unpaired) electrons. The van der Waals surface area contributed by atoms with Crippen LogP contribution in [-0.4, -0.2) is 18.6 Å². The molecule has 0 bridgehead atoms. The van der Waals surface area contributed by atoms with E-state index in [1.54, 1.807) is 6.07 Å². The number of hydrogen-bond acceptors (Lipinski definition) is 5. The molecule has 0 amide bonds. The number of nitrogens with one attached hydrogen (secondary N) is 2. The zero-order valence-corrected chi connectivity index (χ0v) is 14.8. The molecule has 1 aromatic heterocycles. The summed E-state index contributed by atoms with van der Waals surface area (Å²) in [6, 6.07) is 17.0. The fourth-order valence-electron chi connectivity index (χ4n) is 2.77. The number of likely N-dealkylation sites (N-methyl/N-ethyl adjacent to an activating group) is 1. The zero-order valence-electron chi connectivity index (χ0n) is 13.9. The minimum atomic E-state index is -0.245. The molecule has 1 atom stereocenters. The SMILES string of the molecule is CNC[C@H](OS)c1ccc(OCc2ccccc2)c2[nH]c(=O)ccc12. The molecule has 2 aromatic carbocycles. The van der Waals surface area contributed by atoms with Gasteiger partial charge in [0.05, 0.1) is 5.52 Å². The van der Waals surface area contributed by atoms with Gasteiger partial charge >= 0.3 is 0 Å². The lowest BCUT2D eigenvalue weighted by Gasteiger charge is -2.18. The van der Waals surface area contributed by atoms with Gasteiger partial charge in [-0.05, 0) is 43.2 Å². The van der Waals surface area contributed by atoms with E-state index in [1.165, 1.54) is 6.07 Å². The average Bonchev–Trinajstić information content (AvgIpc) is 2.65. The Morgan fingerprint density at radius 3 is 2.64 bits per heavy atom. The van der Waals surface area contributed by atoms with E-state index in [-0.39, 0.29) is 11.7 Å². The highest BCUT2D eigenvalue weighted by molar-refractivity contribution is 7.75. The van der Waals surface area contributed by atoms with Gasteiger partial charge in [-0.1, -0.05) is 36.4 Å². The maximum absolute atomic E-state index is 11.8. The second kappa shape index (κ2) is 8.20. The van der Waals surface area contributed by atoms with Crippen LogP contribution >= 0.6 is 12.9 Å². The Bertz CT molecular complexity index is 896. The quantitative estimate of drug-likeness (QED) is 0.449. The van der Waals surface area contributed by atoms with Crippen molar-refractivity contribution in [2.75, 3.05) is 13.6 Å². The molecule has 2 N–H and O–H groups in total. The summed E-state index contributed by atoms with van der Waals surface area (Å²) in [5, 5.41) is 3.95. The predicted octanol–water partition coefficient (Wildman–Crippen LogP) is 3.23. The van der Waals surface area contributed by atoms with Crippen molar-refractivity contribution in [1.29, 1.82) is 0 Å². The van der Waals surface area contributed by atoms with Gasteiger partial charge < -0.3 is 19.2 Å². The van der Waals surface area contributed by atoms with Crippen LogP contribution in [-0.2, 0) is 10.8 Å². The number of ether oxygens (including phenoxy) is 1. The summed E-state index contributed by atoms with van der Waals surface area (Å²) in [5.41, 5.74) is 2.48. The van der Waals surface area contributed by atoms with E-state index < -0.39 is 0 Å². The van der Waals surface area contributed by atoms with Crippen LogP contribution in [0.2, 0.25) is 0 Å². The second-order valence-corrected chi connectivity index (χ2v) is 5.90. The van der Waals surface area contributed by atoms with Gasteiger partial charge in [0.1, 0.15) is 18.5 Å². The van der Waals surface area contributed by atoms with Crippen LogP contribution in [0.4, 0.5) is 0 Å². The zero-order chi connectivity index (χ0) is 17.6. The highest BCUT2D eigenvalue weighted by Gasteiger charge is 2.16. The van der Waals surface area contributed by atoms with Gasteiger partial charge in [0, 0.05) is 18.0 Å². The molecular weight excluding hydrogens is 336 g/mol. The predicted molar refractivity (Wildman–Crippen MR) is 102 cm³/mol. The van der Waals surface area contributed by atoms with E-state index >= 15 is 0 Å². The van der Waals surface area contributed by atoms with E-state index in [4.69, 9.17) is 8.92 Å². The molecule has 6 heteroatoms. The number of aromatic nitrogens is 1.